The van der Waals surface area contributed by atoms with Gasteiger partial charge in [0.05, 0.1) is 32.3 Å². The Balaban J connectivity index is 1.60. The Morgan fingerprint density at radius 3 is 2.60 bits per heavy atom. The Morgan fingerprint density at radius 1 is 1.13 bits per heavy atom. The van der Waals surface area contributed by atoms with Crippen LogP contribution in [0.5, 0.6) is 5.75 Å². The number of carbonyl (C=O) groups excluding carboxylic acids is 1. The van der Waals surface area contributed by atoms with E-state index in [-0.39, 0.29) is 6.42 Å². The van der Waals surface area contributed by atoms with Crippen molar-refractivity contribution in [1.29, 1.82) is 0 Å². The van der Waals surface area contributed by atoms with Crippen LogP contribution in [0, 0.1) is 13.8 Å². The molecule has 4 rings (SSSR count). The highest BCUT2D eigenvalue weighted by atomic mass is 16.5. The number of carbonyl (C=O) groups is 1. The molecule has 162 valence electrons. The van der Waals surface area contributed by atoms with Gasteiger partial charge in [-0.15, -0.1) is 0 Å². The van der Waals surface area contributed by atoms with Crippen LogP contribution >= 0.6 is 0 Å². The zero-order valence-corrected chi connectivity index (χ0v) is 17.8. The molecule has 0 atom stereocenters. The van der Waals surface area contributed by atoms with Crippen molar-refractivity contribution in [3.05, 3.63) is 38.7 Å². The zero-order valence-electron chi connectivity index (χ0n) is 17.8. The Morgan fingerprint density at radius 2 is 1.87 bits per heavy atom. The maximum atomic E-state index is 12.5. The van der Waals surface area contributed by atoms with E-state index in [9.17, 15) is 9.59 Å². The van der Waals surface area contributed by atoms with E-state index in [0.717, 1.165) is 73.8 Å². The molecule has 0 unspecified atom stereocenters. The number of benzene rings is 1. The molecule has 0 N–H and O–H groups in total. The average molecular weight is 416 g/mol. The van der Waals surface area contributed by atoms with E-state index in [2.05, 4.69) is 9.80 Å². The van der Waals surface area contributed by atoms with Crippen molar-refractivity contribution < 1.29 is 23.4 Å². The number of hydrogen-bond donors (Lipinski definition) is 0. The summed E-state index contributed by atoms with van der Waals surface area (Å²) >= 11 is 0. The van der Waals surface area contributed by atoms with Crippen molar-refractivity contribution >= 4 is 16.9 Å². The molecule has 8 heteroatoms. The maximum absolute atomic E-state index is 12.5. The Bertz CT molecular complexity index is 1010. The number of hydrogen-bond acceptors (Lipinski definition) is 8. The van der Waals surface area contributed by atoms with Crippen molar-refractivity contribution in [2.75, 3.05) is 53.2 Å². The topological polar surface area (TPSA) is 81.4 Å². The summed E-state index contributed by atoms with van der Waals surface area (Å²) in [5.74, 6) is 0.324. The molecule has 30 heavy (non-hydrogen) atoms. The van der Waals surface area contributed by atoms with E-state index in [0.29, 0.717) is 17.9 Å². The van der Waals surface area contributed by atoms with Gasteiger partial charge in [-0.3, -0.25) is 14.6 Å². The molecule has 2 aromatic rings. The normalized spacial score (nSPS) is 17.6. The van der Waals surface area contributed by atoms with Crippen molar-refractivity contribution in [2.45, 2.75) is 26.8 Å². The first-order valence-electron chi connectivity index (χ1n) is 10.3. The van der Waals surface area contributed by atoms with E-state index >= 15 is 0 Å². The molecule has 2 aliphatic rings. The van der Waals surface area contributed by atoms with Crippen LogP contribution in [-0.4, -0.2) is 69.0 Å². The summed E-state index contributed by atoms with van der Waals surface area (Å²) < 4.78 is 21.8. The molecule has 3 heterocycles. The molecule has 0 saturated carbocycles. The fourth-order valence-electron chi connectivity index (χ4n) is 4.16. The molecule has 1 fully saturated rings. The second kappa shape index (κ2) is 8.75. The van der Waals surface area contributed by atoms with Gasteiger partial charge in [-0.1, -0.05) is 0 Å². The van der Waals surface area contributed by atoms with E-state index in [1.54, 1.807) is 0 Å². The van der Waals surface area contributed by atoms with Crippen LogP contribution in [0.25, 0.3) is 11.0 Å². The molecule has 8 nitrogen and oxygen atoms in total. The first-order chi connectivity index (χ1) is 14.5. The SMILES string of the molecule is COC(=O)Cc1c(C)c2cc3c(c(C)c2oc1=O)OCN(CCN1CCOCC1)C3. The predicted molar refractivity (Wildman–Crippen MR) is 111 cm³/mol. The monoisotopic (exact) mass is 416 g/mol. The summed E-state index contributed by atoms with van der Waals surface area (Å²) in [6.45, 7) is 10.4. The summed E-state index contributed by atoms with van der Waals surface area (Å²) in [5, 5.41) is 0.836. The van der Waals surface area contributed by atoms with Gasteiger partial charge in [-0.25, -0.2) is 4.79 Å². The van der Waals surface area contributed by atoms with Gasteiger partial charge >= 0.3 is 11.6 Å². The third-order valence-corrected chi connectivity index (χ3v) is 6.00. The first kappa shape index (κ1) is 20.8. The van der Waals surface area contributed by atoms with Crippen LogP contribution in [0.3, 0.4) is 0 Å². The number of methoxy groups -OCH3 is 1. The number of morpholine rings is 1. The molecule has 1 saturated heterocycles. The largest absolute Gasteiger partial charge is 0.477 e. The fraction of sp³-hybridized carbons (Fsp3) is 0.545. The minimum Gasteiger partial charge on any atom is -0.477 e. The molecule has 0 amide bonds. The minimum atomic E-state index is -0.503. The van der Waals surface area contributed by atoms with Gasteiger partial charge in [-0.05, 0) is 25.5 Å². The maximum Gasteiger partial charge on any atom is 0.340 e. The molecule has 0 bridgehead atoms. The molecular weight excluding hydrogens is 388 g/mol. The minimum absolute atomic E-state index is 0.0983. The van der Waals surface area contributed by atoms with Gasteiger partial charge in [-0.2, -0.15) is 0 Å². The van der Waals surface area contributed by atoms with E-state index < -0.39 is 11.6 Å². The average Bonchev–Trinajstić information content (AvgIpc) is 2.76. The lowest BCUT2D eigenvalue weighted by molar-refractivity contribution is -0.139. The van der Waals surface area contributed by atoms with Crippen LogP contribution in [-0.2, 0) is 27.2 Å². The summed E-state index contributed by atoms with van der Waals surface area (Å²) in [5.41, 5.74) is 3.00. The van der Waals surface area contributed by atoms with Crippen LogP contribution in [0.1, 0.15) is 22.3 Å². The van der Waals surface area contributed by atoms with E-state index in [4.69, 9.17) is 18.6 Å². The van der Waals surface area contributed by atoms with Crippen LogP contribution in [0.2, 0.25) is 0 Å². The molecule has 1 aromatic heterocycles. The molecular formula is C22H28N2O6. The Hall–Kier alpha value is -2.42. The number of aryl methyl sites for hydroxylation is 2. The molecule has 0 radical (unpaired) electrons. The van der Waals surface area contributed by atoms with Crippen molar-refractivity contribution in [3.63, 3.8) is 0 Å². The first-order valence-corrected chi connectivity index (χ1v) is 10.3. The van der Waals surface area contributed by atoms with Gasteiger partial charge in [0.1, 0.15) is 18.1 Å². The quantitative estimate of drug-likeness (QED) is 0.537. The van der Waals surface area contributed by atoms with Crippen LogP contribution < -0.4 is 10.4 Å². The summed E-state index contributed by atoms with van der Waals surface area (Å²) in [4.78, 5) is 28.9. The molecule has 0 spiro atoms. The van der Waals surface area contributed by atoms with Gasteiger partial charge in [0.2, 0.25) is 0 Å². The number of rotatable bonds is 5. The number of nitrogens with zero attached hydrogens (tertiary/aromatic N) is 2. The van der Waals surface area contributed by atoms with Gasteiger partial charge in [0, 0.05) is 49.2 Å². The summed E-state index contributed by atoms with van der Waals surface area (Å²) in [6.07, 6.45) is -0.0983. The summed E-state index contributed by atoms with van der Waals surface area (Å²) in [6, 6.07) is 2.03. The fourth-order valence-corrected chi connectivity index (χ4v) is 4.16. The second-order valence-electron chi connectivity index (χ2n) is 7.89. The molecule has 0 aliphatic carbocycles. The second-order valence-corrected chi connectivity index (χ2v) is 7.89. The van der Waals surface area contributed by atoms with Crippen LogP contribution in [0.15, 0.2) is 15.3 Å². The van der Waals surface area contributed by atoms with E-state index in [1.165, 1.54) is 7.11 Å². The third-order valence-electron chi connectivity index (χ3n) is 6.00. The number of esters is 1. The standard InChI is InChI=1S/C22H28N2O6/c1-14-17-10-16-12-24(5-4-23-6-8-28-9-7-23)13-29-20(16)15(2)21(17)30-22(26)18(14)11-19(25)27-3/h10H,4-9,11-13H2,1-3H3. The van der Waals surface area contributed by atoms with Gasteiger partial charge in [0.15, 0.2) is 0 Å². The number of ether oxygens (including phenoxy) is 3. The highest BCUT2D eigenvalue weighted by Gasteiger charge is 2.25. The lowest BCUT2D eigenvalue weighted by atomic mass is 9.98. The van der Waals surface area contributed by atoms with Crippen LogP contribution in [0.4, 0.5) is 0 Å². The predicted octanol–water partition coefficient (Wildman–Crippen LogP) is 1.61. The molecule has 2 aliphatic heterocycles. The third kappa shape index (κ3) is 4.08. The van der Waals surface area contributed by atoms with Gasteiger partial charge < -0.3 is 18.6 Å². The van der Waals surface area contributed by atoms with E-state index in [1.807, 2.05) is 19.9 Å². The smallest absolute Gasteiger partial charge is 0.340 e. The zero-order chi connectivity index (χ0) is 21.3. The highest BCUT2D eigenvalue weighted by molar-refractivity contribution is 5.88. The summed E-state index contributed by atoms with van der Waals surface area (Å²) in [7, 11) is 1.31. The lowest BCUT2D eigenvalue weighted by Crippen LogP contribution is -2.43. The van der Waals surface area contributed by atoms with Crippen molar-refractivity contribution in [3.8, 4) is 5.75 Å². The highest BCUT2D eigenvalue weighted by Crippen LogP contribution is 2.36. The lowest BCUT2D eigenvalue weighted by Gasteiger charge is -2.33. The van der Waals surface area contributed by atoms with Crippen molar-refractivity contribution in [2.24, 2.45) is 0 Å². The van der Waals surface area contributed by atoms with Gasteiger partial charge in [0.25, 0.3) is 0 Å². The number of fused-ring (bicyclic) bond motifs is 2. The Kier molecular flexibility index (Phi) is 6.08. The Labute approximate surface area is 175 Å². The molecule has 1 aromatic carbocycles. The van der Waals surface area contributed by atoms with Crippen molar-refractivity contribution in [1.82, 2.24) is 9.80 Å².